The Morgan fingerprint density at radius 2 is 2.10 bits per heavy atom. The van der Waals surface area contributed by atoms with E-state index in [0.29, 0.717) is 0 Å². The van der Waals surface area contributed by atoms with Crippen molar-refractivity contribution in [3.63, 3.8) is 0 Å². The van der Waals surface area contributed by atoms with E-state index in [2.05, 4.69) is 26.4 Å². The third kappa shape index (κ3) is 2.50. The molecule has 0 spiro atoms. The van der Waals surface area contributed by atoms with Crippen molar-refractivity contribution in [3.05, 3.63) is 24.2 Å². The number of hydrogen-bond donors (Lipinski definition) is 0. The lowest BCUT2D eigenvalue weighted by atomic mass is 9.93. The molecule has 1 aliphatic rings. The third-order valence-corrected chi connectivity index (χ3v) is 4.32. The first kappa shape index (κ1) is 13.4. The normalized spacial score (nSPS) is 17.7. The van der Waals surface area contributed by atoms with E-state index in [1.54, 1.807) is 7.11 Å². The molecule has 2 aromatic heterocycles. The molecular formula is C15H22N4O. The van der Waals surface area contributed by atoms with Crippen LogP contribution in [0, 0.1) is 5.92 Å². The highest BCUT2D eigenvalue weighted by atomic mass is 16.5. The number of aromatic nitrogens is 3. The summed E-state index contributed by atoms with van der Waals surface area (Å²) in [6, 6.07) is 3.91. The Morgan fingerprint density at radius 3 is 2.80 bits per heavy atom. The van der Waals surface area contributed by atoms with Crippen LogP contribution in [0.4, 0.5) is 0 Å². The summed E-state index contributed by atoms with van der Waals surface area (Å²) in [6.07, 6.45) is 5.54. The van der Waals surface area contributed by atoms with Gasteiger partial charge >= 0.3 is 0 Å². The van der Waals surface area contributed by atoms with Gasteiger partial charge in [0.2, 0.25) is 5.65 Å². The predicted octanol–water partition coefficient (Wildman–Crippen LogP) is 2.01. The molecule has 0 atom stereocenters. The summed E-state index contributed by atoms with van der Waals surface area (Å²) < 4.78 is 7.39. The van der Waals surface area contributed by atoms with Gasteiger partial charge in [-0.25, -0.2) is 0 Å². The molecule has 1 fully saturated rings. The second-order valence-corrected chi connectivity index (χ2v) is 5.47. The molecular weight excluding hydrogens is 252 g/mol. The van der Waals surface area contributed by atoms with Crippen LogP contribution in [0.15, 0.2) is 18.3 Å². The molecule has 108 valence electrons. The molecule has 1 aliphatic heterocycles. The fourth-order valence-corrected chi connectivity index (χ4v) is 3.00. The molecule has 1 saturated heterocycles. The maximum absolute atomic E-state index is 5.33. The Bertz CT molecular complexity index is 572. The molecule has 3 rings (SSSR count). The summed E-state index contributed by atoms with van der Waals surface area (Å²) in [5, 5.41) is 8.62. The molecule has 5 nitrogen and oxygen atoms in total. The van der Waals surface area contributed by atoms with Crippen molar-refractivity contribution in [1.82, 2.24) is 19.5 Å². The number of likely N-dealkylation sites (tertiary alicyclic amines) is 1. The van der Waals surface area contributed by atoms with Crippen molar-refractivity contribution in [2.45, 2.75) is 26.2 Å². The predicted molar refractivity (Wildman–Crippen MR) is 78.1 cm³/mol. The van der Waals surface area contributed by atoms with Crippen LogP contribution in [-0.4, -0.2) is 46.2 Å². The van der Waals surface area contributed by atoms with Gasteiger partial charge in [0.15, 0.2) is 5.75 Å². The zero-order chi connectivity index (χ0) is 13.9. The number of pyridine rings is 1. The van der Waals surface area contributed by atoms with E-state index in [-0.39, 0.29) is 0 Å². The monoisotopic (exact) mass is 274 g/mol. The van der Waals surface area contributed by atoms with Gasteiger partial charge in [0.05, 0.1) is 7.11 Å². The molecule has 3 heterocycles. The van der Waals surface area contributed by atoms with E-state index in [1.807, 2.05) is 18.3 Å². The second kappa shape index (κ2) is 5.79. The Labute approximate surface area is 119 Å². The Morgan fingerprint density at radius 1 is 1.30 bits per heavy atom. The van der Waals surface area contributed by atoms with Gasteiger partial charge in [-0.3, -0.25) is 4.40 Å². The Balaban J connectivity index is 1.75. The van der Waals surface area contributed by atoms with E-state index in [9.17, 15) is 0 Å². The number of hydrogen-bond acceptors (Lipinski definition) is 4. The van der Waals surface area contributed by atoms with Crippen LogP contribution >= 0.6 is 0 Å². The first-order valence-corrected chi connectivity index (χ1v) is 7.40. The van der Waals surface area contributed by atoms with Gasteiger partial charge in [-0.15, -0.1) is 10.2 Å². The third-order valence-electron chi connectivity index (χ3n) is 4.32. The molecule has 0 bridgehead atoms. The van der Waals surface area contributed by atoms with Crippen molar-refractivity contribution < 1.29 is 4.74 Å². The van der Waals surface area contributed by atoms with Crippen molar-refractivity contribution >= 4 is 5.65 Å². The maximum Gasteiger partial charge on any atom is 0.203 e. The molecule has 0 aromatic carbocycles. The van der Waals surface area contributed by atoms with Crippen LogP contribution in [0.2, 0.25) is 0 Å². The van der Waals surface area contributed by atoms with Crippen LogP contribution in [0.3, 0.4) is 0 Å². The van der Waals surface area contributed by atoms with Crippen molar-refractivity contribution in [2.24, 2.45) is 5.92 Å². The van der Waals surface area contributed by atoms with Crippen LogP contribution in [0.1, 0.15) is 25.6 Å². The summed E-state index contributed by atoms with van der Waals surface area (Å²) in [5.74, 6) is 2.55. The minimum atomic E-state index is 0.719. The Kier molecular flexibility index (Phi) is 3.87. The fourth-order valence-electron chi connectivity index (χ4n) is 3.00. The van der Waals surface area contributed by atoms with Crippen LogP contribution < -0.4 is 4.74 Å². The van der Waals surface area contributed by atoms with Crippen LogP contribution in [0.25, 0.3) is 5.65 Å². The van der Waals surface area contributed by atoms with Crippen molar-refractivity contribution in [2.75, 3.05) is 26.7 Å². The number of nitrogens with zero attached hydrogens (tertiary/aromatic N) is 4. The molecule has 0 unspecified atom stereocenters. The van der Waals surface area contributed by atoms with E-state index >= 15 is 0 Å². The first-order valence-electron chi connectivity index (χ1n) is 7.40. The quantitative estimate of drug-likeness (QED) is 0.855. The molecule has 0 aliphatic carbocycles. The number of methoxy groups -OCH3 is 1. The van der Waals surface area contributed by atoms with Gasteiger partial charge in [0.1, 0.15) is 5.82 Å². The van der Waals surface area contributed by atoms with Crippen molar-refractivity contribution in [1.29, 1.82) is 0 Å². The fraction of sp³-hybridized carbons (Fsp3) is 0.600. The molecule has 0 N–H and O–H groups in total. The van der Waals surface area contributed by atoms with Gasteiger partial charge < -0.3 is 9.64 Å². The largest absolute Gasteiger partial charge is 0.493 e. The number of ether oxygens (including phenoxy) is 1. The maximum atomic E-state index is 5.33. The molecule has 0 amide bonds. The summed E-state index contributed by atoms with van der Waals surface area (Å²) in [4.78, 5) is 2.52. The highest BCUT2D eigenvalue weighted by Gasteiger charge is 2.20. The average molecular weight is 274 g/mol. The lowest BCUT2D eigenvalue weighted by molar-refractivity contribution is 0.190. The molecule has 20 heavy (non-hydrogen) atoms. The minimum Gasteiger partial charge on any atom is -0.493 e. The van der Waals surface area contributed by atoms with E-state index in [1.165, 1.54) is 25.9 Å². The van der Waals surface area contributed by atoms with Gasteiger partial charge in [0.25, 0.3) is 0 Å². The first-order chi connectivity index (χ1) is 9.81. The van der Waals surface area contributed by atoms with Gasteiger partial charge in [-0.2, -0.15) is 0 Å². The van der Waals surface area contributed by atoms with E-state index in [4.69, 9.17) is 4.74 Å². The number of rotatable bonds is 4. The highest BCUT2D eigenvalue weighted by molar-refractivity contribution is 5.53. The molecule has 0 saturated carbocycles. The zero-order valence-electron chi connectivity index (χ0n) is 12.2. The zero-order valence-corrected chi connectivity index (χ0v) is 12.2. The standard InChI is InChI=1S/C15H22N4O/c1-3-18-9-6-12(7-10-18)11-14-16-17-15-13(20-2)5-4-8-19(14)15/h4-5,8,12H,3,6-7,9-11H2,1-2H3. The van der Waals surface area contributed by atoms with Gasteiger partial charge in [-0.05, 0) is 50.5 Å². The van der Waals surface area contributed by atoms with Crippen molar-refractivity contribution in [3.8, 4) is 5.75 Å². The molecule has 5 heteroatoms. The lowest BCUT2D eigenvalue weighted by Crippen LogP contribution is -2.34. The SMILES string of the molecule is CCN1CCC(Cc2nnc3c(OC)cccn23)CC1. The Hall–Kier alpha value is -1.62. The van der Waals surface area contributed by atoms with Gasteiger partial charge in [-0.1, -0.05) is 6.92 Å². The summed E-state index contributed by atoms with van der Waals surface area (Å²) >= 11 is 0. The summed E-state index contributed by atoms with van der Waals surface area (Å²) in [6.45, 7) is 5.82. The van der Waals surface area contributed by atoms with E-state index < -0.39 is 0 Å². The van der Waals surface area contributed by atoms with E-state index in [0.717, 1.165) is 36.1 Å². The molecule has 0 radical (unpaired) electrons. The highest BCUT2D eigenvalue weighted by Crippen LogP contribution is 2.23. The number of piperidine rings is 1. The smallest absolute Gasteiger partial charge is 0.203 e. The molecule has 2 aromatic rings. The lowest BCUT2D eigenvalue weighted by Gasteiger charge is -2.30. The topological polar surface area (TPSA) is 42.7 Å². The van der Waals surface area contributed by atoms with Crippen LogP contribution in [-0.2, 0) is 6.42 Å². The minimum absolute atomic E-state index is 0.719. The average Bonchev–Trinajstić information content (AvgIpc) is 2.91. The summed E-state index contributed by atoms with van der Waals surface area (Å²) in [5.41, 5.74) is 0.816. The summed E-state index contributed by atoms with van der Waals surface area (Å²) in [7, 11) is 1.67. The second-order valence-electron chi connectivity index (χ2n) is 5.47. The number of fused-ring (bicyclic) bond motifs is 1. The van der Waals surface area contributed by atoms with Crippen LogP contribution in [0.5, 0.6) is 5.75 Å². The van der Waals surface area contributed by atoms with Gasteiger partial charge in [0, 0.05) is 12.6 Å².